The summed E-state index contributed by atoms with van der Waals surface area (Å²) in [5.74, 6) is -0.179. The Hall–Kier alpha value is -2.33. The van der Waals surface area contributed by atoms with E-state index in [1.54, 1.807) is 17.0 Å². The minimum absolute atomic E-state index is 0.0796. The van der Waals surface area contributed by atoms with Crippen LogP contribution in [-0.2, 0) is 22.6 Å². The van der Waals surface area contributed by atoms with E-state index >= 15 is 0 Å². The van der Waals surface area contributed by atoms with Crippen LogP contribution in [0.2, 0.25) is 5.02 Å². The van der Waals surface area contributed by atoms with Crippen LogP contribution in [0.1, 0.15) is 43.4 Å². The van der Waals surface area contributed by atoms with Gasteiger partial charge >= 0.3 is 0 Å². The van der Waals surface area contributed by atoms with Gasteiger partial charge in [0.05, 0.1) is 6.42 Å². The average molecular weight is 401 g/mol. The van der Waals surface area contributed by atoms with E-state index in [2.05, 4.69) is 5.32 Å². The summed E-state index contributed by atoms with van der Waals surface area (Å²) in [4.78, 5) is 27.7. The van der Waals surface area contributed by atoms with Crippen LogP contribution < -0.4 is 5.32 Å². The zero-order valence-corrected chi connectivity index (χ0v) is 17.6. The van der Waals surface area contributed by atoms with E-state index in [-0.39, 0.29) is 18.2 Å². The van der Waals surface area contributed by atoms with Crippen LogP contribution in [-0.4, -0.2) is 29.3 Å². The number of carbonyl (C=O) groups is 2. The number of nitrogens with zero attached hydrogens (tertiary/aromatic N) is 1. The van der Waals surface area contributed by atoms with Gasteiger partial charge in [0.25, 0.3) is 0 Å². The Morgan fingerprint density at radius 3 is 2.50 bits per heavy atom. The van der Waals surface area contributed by atoms with Crippen LogP contribution >= 0.6 is 11.6 Å². The molecule has 0 saturated heterocycles. The summed E-state index contributed by atoms with van der Waals surface area (Å²) in [6.45, 7) is 6.98. The van der Waals surface area contributed by atoms with E-state index in [9.17, 15) is 9.59 Å². The smallest absolute Gasteiger partial charge is 0.242 e. The van der Waals surface area contributed by atoms with Gasteiger partial charge in [0.2, 0.25) is 11.8 Å². The molecule has 2 rings (SSSR count). The van der Waals surface area contributed by atoms with Crippen molar-refractivity contribution in [2.75, 3.05) is 6.54 Å². The van der Waals surface area contributed by atoms with Gasteiger partial charge in [-0.3, -0.25) is 9.59 Å². The first-order valence-electron chi connectivity index (χ1n) is 9.82. The van der Waals surface area contributed by atoms with E-state index in [1.165, 1.54) is 0 Å². The monoisotopic (exact) mass is 400 g/mol. The molecule has 2 amide bonds. The first kappa shape index (κ1) is 22.0. The number of benzene rings is 2. The number of amides is 2. The second kappa shape index (κ2) is 10.9. The number of rotatable bonds is 9. The summed E-state index contributed by atoms with van der Waals surface area (Å²) in [6, 6.07) is 14.8. The molecule has 2 aromatic rings. The predicted molar refractivity (Wildman–Crippen MR) is 114 cm³/mol. The molecule has 5 heteroatoms. The van der Waals surface area contributed by atoms with Crippen LogP contribution in [0.25, 0.3) is 0 Å². The molecule has 150 valence electrons. The summed E-state index contributed by atoms with van der Waals surface area (Å²) >= 11 is 6.07. The largest absolute Gasteiger partial charge is 0.354 e. The fourth-order valence-electron chi connectivity index (χ4n) is 3.18. The zero-order valence-electron chi connectivity index (χ0n) is 16.9. The standard InChI is InChI=1S/C23H29ClN2O2/c1-4-13-25-23(28)21(5-2)26(16-19-11-7-6-9-17(19)3)22(27)15-18-10-8-12-20(24)14-18/h6-12,14,21H,4-5,13,15-16H2,1-3H3,(H,25,28). The Morgan fingerprint density at radius 1 is 1.11 bits per heavy atom. The molecule has 28 heavy (non-hydrogen) atoms. The van der Waals surface area contributed by atoms with Crippen molar-refractivity contribution in [2.24, 2.45) is 0 Å². The van der Waals surface area contributed by atoms with Crippen LogP contribution in [0.4, 0.5) is 0 Å². The lowest BCUT2D eigenvalue weighted by Crippen LogP contribution is -2.49. The van der Waals surface area contributed by atoms with Crippen molar-refractivity contribution in [3.8, 4) is 0 Å². The Labute approximate surface area is 172 Å². The van der Waals surface area contributed by atoms with Crippen molar-refractivity contribution >= 4 is 23.4 Å². The van der Waals surface area contributed by atoms with Gasteiger partial charge in [-0.15, -0.1) is 0 Å². The highest BCUT2D eigenvalue weighted by Crippen LogP contribution is 2.18. The quantitative estimate of drug-likeness (QED) is 0.672. The van der Waals surface area contributed by atoms with Gasteiger partial charge in [-0.25, -0.2) is 0 Å². The van der Waals surface area contributed by atoms with Crippen LogP contribution in [0.3, 0.4) is 0 Å². The number of carbonyl (C=O) groups excluding carboxylic acids is 2. The number of aryl methyl sites for hydroxylation is 1. The van der Waals surface area contributed by atoms with Crippen molar-refractivity contribution in [1.82, 2.24) is 10.2 Å². The summed E-state index contributed by atoms with van der Waals surface area (Å²) in [7, 11) is 0. The molecule has 0 aromatic heterocycles. The molecule has 1 N–H and O–H groups in total. The fraction of sp³-hybridized carbons (Fsp3) is 0.391. The second-order valence-electron chi connectivity index (χ2n) is 6.97. The first-order valence-corrected chi connectivity index (χ1v) is 10.2. The summed E-state index contributed by atoms with van der Waals surface area (Å²) < 4.78 is 0. The lowest BCUT2D eigenvalue weighted by molar-refractivity contribution is -0.140. The highest BCUT2D eigenvalue weighted by Gasteiger charge is 2.28. The van der Waals surface area contributed by atoms with Crippen LogP contribution in [0.15, 0.2) is 48.5 Å². The highest BCUT2D eigenvalue weighted by molar-refractivity contribution is 6.30. The SMILES string of the molecule is CCCNC(=O)C(CC)N(Cc1ccccc1C)C(=O)Cc1cccc(Cl)c1. The molecule has 2 aromatic carbocycles. The van der Waals surface area contributed by atoms with Gasteiger partial charge < -0.3 is 10.2 Å². The minimum atomic E-state index is -0.502. The molecule has 0 aliphatic carbocycles. The number of nitrogens with one attached hydrogen (secondary N) is 1. The van der Waals surface area contributed by atoms with Gasteiger partial charge in [-0.2, -0.15) is 0 Å². The third-order valence-corrected chi connectivity index (χ3v) is 5.02. The maximum Gasteiger partial charge on any atom is 0.242 e. The van der Waals surface area contributed by atoms with Crippen molar-refractivity contribution in [1.29, 1.82) is 0 Å². The minimum Gasteiger partial charge on any atom is -0.354 e. The molecule has 0 aliphatic heterocycles. The number of halogens is 1. The molecule has 0 heterocycles. The topological polar surface area (TPSA) is 49.4 Å². The lowest BCUT2D eigenvalue weighted by atomic mass is 10.0. The molecule has 0 radical (unpaired) electrons. The van der Waals surface area contributed by atoms with Gasteiger partial charge in [-0.05, 0) is 48.6 Å². The number of hydrogen-bond donors (Lipinski definition) is 1. The molecule has 0 spiro atoms. The fourth-order valence-corrected chi connectivity index (χ4v) is 3.39. The Morgan fingerprint density at radius 2 is 1.86 bits per heavy atom. The van der Waals surface area contributed by atoms with Crippen molar-refractivity contribution < 1.29 is 9.59 Å². The Bertz CT molecular complexity index is 807. The molecule has 0 saturated carbocycles. The van der Waals surface area contributed by atoms with E-state index in [4.69, 9.17) is 11.6 Å². The molecule has 0 aliphatic rings. The molecule has 0 fully saturated rings. The average Bonchev–Trinajstić information content (AvgIpc) is 2.67. The lowest BCUT2D eigenvalue weighted by Gasteiger charge is -2.31. The molecule has 1 atom stereocenters. The normalized spacial score (nSPS) is 11.7. The third-order valence-electron chi connectivity index (χ3n) is 4.78. The Kier molecular flexibility index (Phi) is 8.52. The maximum absolute atomic E-state index is 13.2. The maximum atomic E-state index is 13.2. The van der Waals surface area contributed by atoms with Crippen LogP contribution in [0.5, 0.6) is 0 Å². The van der Waals surface area contributed by atoms with Gasteiger partial charge in [0, 0.05) is 18.1 Å². The van der Waals surface area contributed by atoms with E-state index in [0.29, 0.717) is 24.5 Å². The van der Waals surface area contributed by atoms with Gasteiger partial charge in [0.15, 0.2) is 0 Å². The molecular formula is C23H29ClN2O2. The van der Waals surface area contributed by atoms with E-state index in [0.717, 1.165) is 23.1 Å². The number of hydrogen-bond acceptors (Lipinski definition) is 2. The predicted octanol–water partition coefficient (Wildman–Crippen LogP) is 4.52. The molecular weight excluding hydrogens is 372 g/mol. The van der Waals surface area contributed by atoms with Crippen molar-refractivity contribution in [2.45, 2.75) is 52.6 Å². The van der Waals surface area contributed by atoms with Crippen molar-refractivity contribution in [3.05, 3.63) is 70.2 Å². The third kappa shape index (κ3) is 6.10. The van der Waals surface area contributed by atoms with E-state index < -0.39 is 6.04 Å². The van der Waals surface area contributed by atoms with Crippen molar-refractivity contribution in [3.63, 3.8) is 0 Å². The van der Waals surface area contributed by atoms with Crippen LogP contribution in [0, 0.1) is 6.92 Å². The molecule has 0 bridgehead atoms. The zero-order chi connectivity index (χ0) is 20.5. The molecule has 4 nitrogen and oxygen atoms in total. The summed E-state index contributed by atoms with van der Waals surface area (Å²) in [5, 5.41) is 3.54. The molecule has 1 unspecified atom stereocenters. The van der Waals surface area contributed by atoms with E-state index in [1.807, 2.05) is 57.2 Å². The first-order chi connectivity index (χ1) is 13.5. The summed E-state index contributed by atoms with van der Waals surface area (Å²) in [5.41, 5.74) is 2.99. The van der Waals surface area contributed by atoms with Gasteiger partial charge in [0.1, 0.15) is 6.04 Å². The highest BCUT2D eigenvalue weighted by atomic mass is 35.5. The Balaban J connectivity index is 2.29. The second-order valence-corrected chi connectivity index (χ2v) is 7.41. The van der Waals surface area contributed by atoms with Gasteiger partial charge in [-0.1, -0.05) is 61.8 Å². The summed E-state index contributed by atoms with van der Waals surface area (Å²) in [6.07, 6.45) is 1.63.